The van der Waals surface area contributed by atoms with Crippen LogP contribution in [0, 0.1) is 5.92 Å². The maximum atomic E-state index is 11.2. The molecule has 15 heavy (non-hydrogen) atoms. The maximum absolute atomic E-state index is 11.2. The summed E-state index contributed by atoms with van der Waals surface area (Å²) in [4.78, 5) is 13.2. The van der Waals surface area contributed by atoms with Crippen molar-refractivity contribution < 1.29 is 14.3 Å². The topological polar surface area (TPSA) is 38.8 Å². The van der Waals surface area contributed by atoms with E-state index >= 15 is 0 Å². The van der Waals surface area contributed by atoms with Crippen molar-refractivity contribution in [2.45, 2.75) is 19.8 Å². The first-order chi connectivity index (χ1) is 7.22. The molecule has 0 saturated carbocycles. The van der Waals surface area contributed by atoms with Crippen LogP contribution in [0.4, 0.5) is 0 Å². The number of likely N-dealkylation sites (N-methyl/N-ethyl adjacent to an activating group) is 1. The summed E-state index contributed by atoms with van der Waals surface area (Å²) < 4.78 is 10.3. The molecule has 1 saturated heterocycles. The number of hydrogen-bond acceptors (Lipinski definition) is 4. The maximum Gasteiger partial charge on any atom is 0.320 e. The smallest absolute Gasteiger partial charge is 0.320 e. The Balaban J connectivity index is 2.16. The standard InChI is InChI=1S/C11H21NO3/c1-3-15-11(13)8-12(2)7-10-5-4-6-14-9-10/h10H,3-9H2,1-2H3. The summed E-state index contributed by atoms with van der Waals surface area (Å²) in [5, 5.41) is 0. The van der Waals surface area contributed by atoms with Crippen LogP contribution in [-0.2, 0) is 14.3 Å². The molecule has 1 atom stereocenters. The molecule has 1 fully saturated rings. The van der Waals surface area contributed by atoms with Gasteiger partial charge in [0.15, 0.2) is 0 Å². The van der Waals surface area contributed by atoms with Crippen LogP contribution in [0.2, 0.25) is 0 Å². The van der Waals surface area contributed by atoms with Gasteiger partial charge in [-0.15, -0.1) is 0 Å². The van der Waals surface area contributed by atoms with E-state index in [1.54, 1.807) is 0 Å². The Bertz CT molecular complexity index is 190. The van der Waals surface area contributed by atoms with Crippen LogP contribution < -0.4 is 0 Å². The van der Waals surface area contributed by atoms with Gasteiger partial charge in [-0.2, -0.15) is 0 Å². The Labute approximate surface area is 91.5 Å². The largest absolute Gasteiger partial charge is 0.465 e. The predicted molar refractivity (Wildman–Crippen MR) is 57.7 cm³/mol. The monoisotopic (exact) mass is 215 g/mol. The molecular formula is C11H21NO3. The van der Waals surface area contributed by atoms with E-state index in [-0.39, 0.29) is 5.97 Å². The Morgan fingerprint density at radius 1 is 1.60 bits per heavy atom. The first kappa shape index (κ1) is 12.5. The molecule has 1 heterocycles. The SMILES string of the molecule is CCOC(=O)CN(C)CC1CCCOC1. The van der Waals surface area contributed by atoms with E-state index < -0.39 is 0 Å². The van der Waals surface area contributed by atoms with Crippen LogP contribution in [-0.4, -0.2) is 50.8 Å². The van der Waals surface area contributed by atoms with Crippen molar-refractivity contribution in [3.63, 3.8) is 0 Å². The van der Waals surface area contributed by atoms with Crippen molar-refractivity contribution in [1.82, 2.24) is 4.90 Å². The molecule has 0 aromatic heterocycles. The van der Waals surface area contributed by atoms with Gasteiger partial charge in [0, 0.05) is 13.2 Å². The summed E-state index contributed by atoms with van der Waals surface area (Å²) in [6.07, 6.45) is 2.34. The molecule has 0 aliphatic carbocycles. The van der Waals surface area contributed by atoms with Gasteiger partial charge in [0.25, 0.3) is 0 Å². The lowest BCUT2D eigenvalue weighted by Crippen LogP contribution is -2.34. The fourth-order valence-electron chi connectivity index (χ4n) is 1.88. The minimum atomic E-state index is -0.142. The van der Waals surface area contributed by atoms with Crippen molar-refractivity contribution in [2.24, 2.45) is 5.92 Å². The number of hydrogen-bond donors (Lipinski definition) is 0. The van der Waals surface area contributed by atoms with Crippen LogP contribution in [0.1, 0.15) is 19.8 Å². The average molecular weight is 215 g/mol. The van der Waals surface area contributed by atoms with Gasteiger partial charge in [-0.3, -0.25) is 9.69 Å². The lowest BCUT2D eigenvalue weighted by molar-refractivity contribution is -0.144. The number of ether oxygens (including phenoxy) is 2. The van der Waals surface area contributed by atoms with Crippen molar-refractivity contribution in [1.29, 1.82) is 0 Å². The average Bonchev–Trinajstić information content (AvgIpc) is 2.19. The summed E-state index contributed by atoms with van der Waals surface area (Å²) in [6.45, 7) is 5.29. The third-order valence-electron chi connectivity index (χ3n) is 2.53. The van der Waals surface area contributed by atoms with Crippen molar-refractivity contribution in [3.05, 3.63) is 0 Å². The van der Waals surface area contributed by atoms with Crippen molar-refractivity contribution in [3.8, 4) is 0 Å². The Kier molecular flexibility index (Phi) is 5.65. The second-order valence-electron chi connectivity index (χ2n) is 4.08. The normalized spacial score (nSPS) is 21.7. The zero-order valence-electron chi connectivity index (χ0n) is 9.70. The Morgan fingerprint density at radius 2 is 2.40 bits per heavy atom. The quantitative estimate of drug-likeness (QED) is 0.639. The van der Waals surface area contributed by atoms with E-state index in [1.807, 2.05) is 18.9 Å². The van der Waals surface area contributed by atoms with Gasteiger partial charge in [0.1, 0.15) is 0 Å². The van der Waals surface area contributed by atoms with Gasteiger partial charge >= 0.3 is 5.97 Å². The minimum Gasteiger partial charge on any atom is -0.465 e. The van der Waals surface area contributed by atoms with E-state index in [4.69, 9.17) is 9.47 Å². The number of esters is 1. The lowest BCUT2D eigenvalue weighted by Gasteiger charge is -2.26. The number of rotatable bonds is 5. The molecule has 0 N–H and O–H groups in total. The van der Waals surface area contributed by atoms with Crippen LogP contribution in [0.5, 0.6) is 0 Å². The first-order valence-electron chi connectivity index (χ1n) is 5.64. The number of carbonyl (C=O) groups is 1. The van der Waals surface area contributed by atoms with Crippen LogP contribution in [0.15, 0.2) is 0 Å². The molecule has 4 nitrogen and oxygen atoms in total. The molecule has 1 rings (SSSR count). The summed E-state index contributed by atoms with van der Waals surface area (Å²) in [5.41, 5.74) is 0. The first-order valence-corrected chi connectivity index (χ1v) is 5.64. The minimum absolute atomic E-state index is 0.142. The highest BCUT2D eigenvalue weighted by molar-refractivity contribution is 5.71. The molecule has 1 unspecified atom stereocenters. The molecule has 0 aromatic rings. The molecule has 0 spiro atoms. The molecule has 0 radical (unpaired) electrons. The van der Waals surface area contributed by atoms with Crippen molar-refractivity contribution in [2.75, 3.05) is 40.0 Å². The summed E-state index contributed by atoms with van der Waals surface area (Å²) >= 11 is 0. The van der Waals surface area contributed by atoms with E-state index in [9.17, 15) is 4.79 Å². The van der Waals surface area contributed by atoms with Crippen LogP contribution in [0.25, 0.3) is 0 Å². The third-order valence-corrected chi connectivity index (χ3v) is 2.53. The zero-order chi connectivity index (χ0) is 11.1. The highest BCUT2D eigenvalue weighted by Gasteiger charge is 2.17. The molecule has 1 aliphatic rings. The van der Waals surface area contributed by atoms with Gasteiger partial charge < -0.3 is 9.47 Å². The van der Waals surface area contributed by atoms with Gasteiger partial charge in [-0.1, -0.05) is 0 Å². The second kappa shape index (κ2) is 6.80. The highest BCUT2D eigenvalue weighted by atomic mass is 16.5. The van der Waals surface area contributed by atoms with Gasteiger partial charge in [0.05, 0.1) is 19.8 Å². The van der Waals surface area contributed by atoms with Crippen molar-refractivity contribution >= 4 is 5.97 Å². The molecule has 0 aromatic carbocycles. The van der Waals surface area contributed by atoms with Crippen LogP contribution >= 0.6 is 0 Å². The second-order valence-corrected chi connectivity index (χ2v) is 4.08. The fourth-order valence-corrected chi connectivity index (χ4v) is 1.88. The summed E-state index contributed by atoms with van der Waals surface area (Å²) in [6, 6.07) is 0. The van der Waals surface area contributed by atoms with E-state index in [1.165, 1.54) is 6.42 Å². The van der Waals surface area contributed by atoms with Gasteiger partial charge in [-0.05, 0) is 32.7 Å². The molecule has 1 aliphatic heterocycles. The van der Waals surface area contributed by atoms with Crippen LogP contribution in [0.3, 0.4) is 0 Å². The van der Waals surface area contributed by atoms with E-state index in [0.717, 1.165) is 26.2 Å². The molecule has 0 bridgehead atoms. The van der Waals surface area contributed by atoms with Gasteiger partial charge in [-0.25, -0.2) is 0 Å². The Hall–Kier alpha value is -0.610. The zero-order valence-corrected chi connectivity index (χ0v) is 9.70. The van der Waals surface area contributed by atoms with Gasteiger partial charge in [0.2, 0.25) is 0 Å². The molecule has 0 amide bonds. The van der Waals surface area contributed by atoms with E-state index in [0.29, 0.717) is 19.1 Å². The highest BCUT2D eigenvalue weighted by Crippen LogP contribution is 2.14. The molecule has 88 valence electrons. The predicted octanol–water partition coefficient (Wildman–Crippen LogP) is 0.908. The third kappa shape index (κ3) is 5.14. The van der Waals surface area contributed by atoms with E-state index in [2.05, 4.69) is 0 Å². The fraction of sp³-hybridized carbons (Fsp3) is 0.909. The molecular weight excluding hydrogens is 194 g/mol. The number of nitrogens with zero attached hydrogens (tertiary/aromatic N) is 1. The number of carbonyl (C=O) groups excluding carboxylic acids is 1. The Morgan fingerprint density at radius 3 is 3.00 bits per heavy atom. The summed E-state index contributed by atoms with van der Waals surface area (Å²) in [7, 11) is 1.95. The lowest BCUT2D eigenvalue weighted by atomic mass is 10.0. The molecule has 4 heteroatoms. The summed E-state index contributed by atoms with van der Waals surface area (Å²) in [5.74, 6) is 0.426.